The van der Waals surface area contributed by atoms with Gasteiger partial charge in [-0.25, -0.2) is 16.8 Å². The van der Waals surface area contributed by atoms with Crippen molar-refractivity contribution in [3.8, 4) is 11.5 Å². The topological polar surface area (TPSA) is 261 Å². The van der Waals surface area contributed by atoms with Crippen LogP contribution in [-0.4, -0.2) is 122 Å². The number of carbonyl (C=O) groups is 2. The van der Waals surface area contributed by atoms with Crippen LogP contribution >= 0.6 is 0 Å². The first kappa shape index (κ1) is 52.5. The van der Waals surface area contributed by atoms with Crippen LogP contribution in [0, 0.1) is 0 Å². The molecule has 0 bridgehead atoms. The van der Waals surface area contributed by atoms with Crippen LogP contribution < -0.4 is 47.7 Å². The number of phenolic OH excluding ortho intramolecular Hbond substituents is 1. The van der Waals surface area contributed by atoms with Crippen LogP contribution in [0.2, 0.25) is 0 Å². The fraction of sp³-hybridized carbons (Fsp3) is 0.358. The molecule has 75 heavy (non-hydrogen) atoms. The van der Waals surface area contributed by atoms with E-state index in [4.69, 9.17) is 4.74 Å². The number of methoxy groups -OCH3 is 1. The summed E-state index contributed by atoms with van der Waals surface area (Å²) in [7, 11) is -5.07. The van der Waals surface area contributed by atoms with Crippen LogP contribution in [0.15, 0.2) is 116 Å². The van der Waals surface area contributed by atoms with E-state index in [1.807, 2.05) is 74.5 Å². The van der Waals surface area contributed by atoms with Crippen molar-refractivity contribution >= 4 is 66.0 Å². The van der Waals surface area contributed by atoms with Gasteiger partial charge >= 0.3 is 0 Å². The fourth-order valence-electron chi connectivity index (χ4n) is 10.4. The lowest BCUT2D eigenvalue weighted by atomic mass is 10.0. The maximum atomic E-state index is 13.5. The largest absolute Gasteiger partial charge is 0.505 e. The average molecular weight is 1060 g/mol. The van der Waals surface area contributed by atoms with Gasteiger partial charge < -0.3 is 40.9 Å². The van der Waals surface area contributed by atoms with Crippen molar-refractivity contribution in [2.24, 2.45) is 0 Å². The minimum atomic E-state index is -3.26. The van der Waals surface area contributed by atoms with Gasteiger partial charge in [0.25, 0.3) is 33.5 Å². The molecule has 4 fully saturated rings. The zero-order valence-corrected chi connectivity index (χ0v) is 43.2. The van der Waals surface area contributed by atoms with E-state index in [0.29, 0.717) is 37.9 Å². The van der Waals surface area contributed by atoms with Crippen LogP contribution in [-0.2, 0) is 20.0 Å². The molecule has 10 rings (SSSR count). The molecule has 4 heterocycles. The quantitative estimate of drug-likeness (QED) is 0.0695. The highest BCUT2D eigenvalue weighted by Crippen LogP contribution is 2.37. The molecule has 22 heteroatoms. The van der Waals surface area contributed by atoms with E-state index in [0.717, 1.165) is 11.1 Å². The van der Waals surface area contributed by atoms with Gasteiger partial charge in [0.15, 0.2) is 11.5 Å². The first-order valence-electron chi connectivity index (χ1n) is 24.9. The molecule has 0 aliphatic carbocycles. The summed E-state index contributed by atoms with van der Waals surface area (Å²) >= 11 is 0. The number of hydrogen-bond donors (Lipinski definition) is 5. The SMILES string of the molecule is CC[C@@H](Nc1c(Nc2cccc(C(=O)N3CCN4C(CCS4(=O)=O)C3)c2O)c(=O)c1=O)c1ccccc1.CC[C@@H](Nc1c(Nc2cccc(C(=O)N3CCN4C(CCS4(=O)=O)C3)c2OC)c(=O)c1=O)c1ccccc1. The second kappa shape index (κ2) is 21.4. The van der Waals surface area contributed by atoms with Crippen molar-refractivity contribution in [1.29, 1.82) is 0 Å². The van der Waals surface area contributed by atoms with Gasteiger partial charge in [0.2, 0.25) is 20.0 Å². The zero-order valence-electron chi connectivity index (χ0n) is 41.6. The smallest absolute Gasteiger partial charge is 0.257 e. The molecule has 394 valence electrons. The Bertz CT molecular complexity index is 3510. The van der Waals surface area contributed by atoms with E-state index in [1.165, 1.54) is 32.8 Å². The summed E-state index contributed by atoms with van der Waals surface area (Å²) in [6, 6.07) is 27.9. The number of anilines is 6. The Morgan fingerprint density at radius 1 is 0.573 bits per heavy atom. The van der Waals surface area contributed by atoms with Crippen LogP contribution in [0.25, 0.3) is 0 Å². The maximum Gasteiger partial charge on any atom is 0.257 e. The molecule has 6 aromatic carbocycles. The van der Waals surface area contributed by atoms with Gasteiger partial charge in [0, 0.05) is 51.4 Å². The second-order valence-electron chi connectivity index (χ2n) is 18.9. The molecule has 6 aromatic rings. The number of nitrogens with zero attached hydrogens (tertiary/aromatic N) is 4. The lowest BCUT2D eigenvalue weighted by Gasteiger charge is -2.36. The van der Waals surface area contributed by atoms with Crippen LogP contribution in [0.1, 0.15) is 83.5 Å². The van der Waals surface area contributed by atoms with Gasteiger partial charge in [-0.05, 0) is 61.1 Å². The monoisotopic (exact) mass is 1060 g/mol. The molecule has 0 saturated carbocycles. The normalized spacial score (nSPS) is 19.8. The molecule has 4 aliphatic rings. The Morgan fingerprint density at radius 3 is 1.44 bits per heavy atom. The molecular formula is C53H58N8O12S2. The van der Waals surface area contributed by atoms with E-state index in [1.54, 1.807) is 29.2 Å². The lowest BCUT2D eigenvalue weighted by Crippen LogP contribution is -2.53. The molecule has 20 nitrogen and oxygen atoms in total. The van der Waals surface area contributed by atoms with Crippen molar-refractivity contribution in [2.45, 2.75) is 63.7 Å². The number of piperazine rings is 2. The molecule has 5 N–H and O–H groups in total. The number of fused-ring (bicyclic) bond motifs is 2. The molecule has 0 spiro atoms. The van der Waals surface area contributed by atoms with Gasteiger partial charge in [-0.15, -0.1) is 0 Å². The third kappa shape index (κ3) is 10.3. The van der Waals surface area contributed by atoms with Crippen LogP contribution in [0.5, 0.6) is 11.5 Å². The minimum absolute atomic E-state index is 0.0308. The lowest BCUT2D eigenvalue weighted by molar-refractivity contribution is 0.0633. The Hall–Kier alpha value is -7.40. The average Bonchev–Trinajstić information content (AvgIpc) is 3.92. The number of sulfonamides is 2. The van der Waals surface area contributed by atoms with Gasteiger partial charge in [-0.3, -0.25) is 28.8 Å². The summed E-state index contributed by atoms with van der Waals surface area (Å²) in [6.07, 6.45) is 2.33. The molecule has 4 aliphatic heterocycles. The zero-order chi connectivity index (χ0) is 53.3. The van der Waals surface area contributed by atoms with E-state index in [2.05, 4.69) is 21.3 Å². The number of amides is 2. The number of carbonyl (C=O) groups excluding carboxylic acids is 2. The van der Waals surface area contributed by atoms with E-state index >= 15 is 0 Å². The predicted molar refractivity (Wildman–Crippen MR) is 286 cm³/mol. The standard InChI is InChI=1S/C27H30N4O6S.C26H28N4O6S/c1-3-20(17-8-5-4-6-9-17)28-22-23(25(33)24(22)32)29-21-11-7-10-19(26(21)37-2)27(34)30-13-14-31-18(16-30)12-15-38(31,35)36;1-2-19(16-7-4-3-5-8-16)27-21-22(25(33)24(21)32)28-20-10-6-9-18(23(20)31)26(34)29-12-13-30-17(15-29)11-14-37(30,35)36/h4-11,18,20,28-29H,3,12-16H2,1-2H3;3-10,17,19,27-28,31H,2,11-15H2,1H3/t18?,20-;17?,19-/m11/s1. The fourth-order valence-corrected chi connectivity index (χ4v) is 13.9. The van der Waals surface area contributed by atoms with Crippen molar-refractivity contribution in [3.63, 3.8) is 0 Å². The second-order valence-corrected chi connectivity index (χ2v) is 23.0. The summed E-state index contributed by atoms with van der Waals surface area (Å²) in [6.45, 7) is 5.48. The first-order chi connectivity index (χ1) is 36.0. The third-order valence-electron chi connectivity index (χ3n) is 14.5. The van der Waals surface area contributed by atoms with Crippen molar-refractivity contribution in [2.75, 3.05) is 79.2 Å². The summed E-state index contributed by atoms with van der Waals surface area (Å²) in [4.78, 5) is 79.7. The predicted octanol–water partition coefficient (Wildman–Crippen LogP) is 4.61. The van der Waals surface area contributed by atoms with E-state index in [-0.39, 0.29) is 125 Å². The number of para-hydroxylation sites is 2. The first-order valence-corrected chi connectivity index (χ1v) is 28.1. The Morgan fingerprint density at radius 2 is 0.987 bits per heavy atom. The van der Waals surface area contributed by atoms with Gasteiger partial charge in [0.05, 0.1) is 53.2 Å². The molecule has 2 unspecified atom stereocenters. The molecule has 4 saturated heterocycles. The van der Waals surface area contributed by atoms with Gasteiger partial charge in [-0.2, -0.15) is 8.61 Å². The number of hydrogen-bond acceptors (Lipinski definition) is 16. The van der Waals surface area contributed by atoms with E-state index < -0.39 is 47.7 Å². The number of nitrogens with one attached hydrogen (secondary N) is 4. The summed E-state index contributed by atoms with van der Waals surface area (Å²) < 4.78 is 57.2. The number of phenols is 1. The molecule has 2 amide bonds. The molecule has 0 aromatic heterocycles. The van der Waals surface area contributed by atoms with Gasteiger partial charge in [-0.1, -0.05) is 86.6 Å². The van der Waals surface area contributed by atoms with Crippen LogP contribution in [0.3, 0.4) is 0 Å². The van der Waals surface area contributed by atoms with Gasteiger partial charge in [0.1, 0.15) is 22.7 Å². The van der Waals surface area contributed by atoms with E-state index in [9.17, 15) is 50.7 Å². The summed E-state index contributed by atoms with van der Waals surface area (Å²) in [5.74, 6) is -0.636. The number of ether oxygens (including phenoxy) is 1. The highest BCUT2D eigenvalue weighted by atomic mass is 32.2. The van der Waals surface area contributed by atoms with Crippen molar-refractivity contribution in [3.05, 3.63) is 160 Å². The Balaban J connectivity index is 0.000000184. The number of rotatable bonds is 15. The summed E-state index contributed by atoms with van der Waals surface area (Å²) in [5, 5.41) is 23.1. The number of aromatic hydroxyl groups is 1. The summed E-state index contributed by atoms with van der Waals surface area (Å²) in [5.41, 5.74) is 0.667. The highest BCUT2D eigenvalue weighted by Gasteiger charge is 2.44. The molecule has 0 radical (unpaired) electrons. The third-order valence-corrected chi connectivity index (χ3v) is 18.4. The maximum absolute atomic E-state index is 13.5. The Labute approximate surface area is 433 Å². The van der Waals surface area contributed by atoms with Crippen molar-refractivity contribution in [1.82, 2.24) is 18.4 Å². The number of benzene rings is 4. The highest BCUT2D eigenvalue weighted by molar-refractivity contribution is 7.89. The molecule has 4 atom stereocenters. The van der Waals surface area contributed by atoms with Crippen molar-refractivity contribution < 1.29 is 36.3 Å². The minimum Gasteiger partial charge on any atom is -0.505 e. The van der Waals surface area contributed by atoms with Crippen LogP contribution in [0.4, 0.5) is 34.1 Å². The molecular weight excluding hydrogens is 1000 g/mol. The Kier molecular flexibility index (Phi) is 15.0.